The summed E-state index contributed by atoms with van der Waals surface area (Å²) in [5, 5.41) is 0.256. The Bertz CT molecular complexity index is 873. The predicted octanol–water partition coefficient (Wildman–Crippen LogP) is 9.12. The molecule has 1 fully saturated rings. The first-order valence-corrected chi connectivity index (χ1v) is 17.8. The van der Waals surface area contributed by atoms with Gasteiger partial charge in [-0.15, -0.1) is 0 Å². The standard InChI is InChI=1S/C31H49IO4Si/c1-25(36-37(7,8)30(2,3)4)17-13-10-9-11-16-20-27-23-29(35-31(5,6)34-27)28(21-22-32)33-24-26-18-14-12-15-19-26/h9,11-12,14-16,18-22,25,27-29H,10,13,17,23-24H2,1-8H3/b11-9+,20-16+,22-21-/t25-,27+,28+,29-/m1/s1. The van der Waals surface area contributed by atoms with E-state index < -0.39 is 14.1 Å². The Hall–Kier alpha value is -0.773. The Kier molecular flexibility index (Phi) is 13.3. The molecule has 0 aliphatic carbocycles. The molecule has 0 spiro atoms. The smallest absolute Gasteiger partial charge is 0.192 e. The maximum Gasteiger partial charge on any atom is 0.192 e. The second-order valence-corrected chi connectivity index (χ2v) is 17.4. The van der Waals surface area contributed by atoms with Gasteiger partial charge in [0, 0.05) is 12.5 Å². The third-order valence-electron chi connectivity index (χ3n) is 7.11. The van der Waals surface area contributed by atoms with Crippen LogP contribution in [0, 0.1) is 0 Å². The highest BCUT2D eigenvalue weighted by Gasteiger charge is 2.39. The quantitative estimate of drug-likeness (QED) is 0.0933. The topological polar surface area (TPSA) is 36.9 Å². The van der Waals surface area contributed by atoms with Crippen LogP contribution in [0.5, 0.6) is 0 Å². The Morgan fingerprint density at radius 1 is 1.14 bits per heavy atom. The van der Waals surface area contributed by atoms with Crippen LogP contribution in [0.4, 0.5) is 0 Å². The first-order chi connectivity index (χ1) is 17.3. The van der Waals surface area contributed by atoms with Crippen LogP contribution in [0.3, 0.4) is 0 Å². The molecule has 1 heterocycles. The van der Waals surface area contributed by atoms with E-state index in [9.17, 15) is 0 Å². The summed E-state index contributed by atoms with van der Waals surface area (Å²) in [5.74, 6) is -0.671. The molecule has 4 nitrogen and oxygen atoms in total. The van der Waals surface area contributed by atoms with Crippen molar-refractivity contribution in [2.45, 2.75) is 122 Å². The first kappa shape index (κ1) is 32.4. The van der Waals surface area contributed by atoms with Crippen molar-refractivity contribution in [3.05, 3.63) is 70.4 Å². The molecule has 37 heavy (non-hydrogen) atoms. The molecule has 2 rings (SSSR count). The largest absolute Gasteiger partial charge is 0.414 e. The van der Waals surface area contributed by atoms with E-state index in [2.05, 4.69) is 106 Å². The number of halogens is 1. The summed E-state index contributed by atoms with van der Waals surface area (Å²) in [7, 11) is -1.69. The zero-order chi connectivity index (χ0) is 27.5. The Labute approximate surface area is 241 Å². The van der Waals surface area contributed by atoms with E-state index in [1.54, 1.807) is 0 Å². The molecule has 0 radical (unpaired) electrons. The maximum atomic E-state index is 6.47. The van der Waals surface area contributed by atoms with Crippen molar-refractivity contribution < 1.29 is 18.6 Å². The highest BCUT2D eigenvalue weighted by molar-refractivity contribution is 14.1. The summed E-state index contributed by atoms with van der Waals surface area (Å²) in [6.07, 6.45) is 14.8. The lowest BCUT2D eigenvalue weighted by atomic mass is 10.0. The van der Waals surface area contributed by atoms with Crippen molar-refractivity contribution in [2.75, 3.05) is 0 Å². The number of hydrogen-bond acceptors (Lipinski definition) is 4. The molecule has 1 aromatic carbocycles. The average molecular weight is 641 g/mol. The monoisotopic (exact) mass is 640 g/mol. The van der Waals surface area contributed by atoms with Crippen LogP contribution in [0.1, 0.15) is 72.8 Å². The van der Waals surface area contributed by atoms with E-state index in [-0.39, 0.29) is 23.4 Å². The Balaban J connectivity index is 1.84. The summed E-state index contributed by atoms with van der Waals surface area (Å²) in [6, 6.07) is 10.3. The van der Waals surface area contributed by atoms with Crippen LogP contribution in [-0.2, 0) is 25.2 Å². The number of benzene rings is 1. The molecule has 1 aromatic rings. The maximum absolute atomic E-state index is 6.47. The summed E-state index contributed by atoms with van der Waals surface area (Å²) in [4.78, 5) is 0. The molecule has 0 amide bonds. The number of hydrogen-bond donors (Lipinski definition) is 0. The normalized spacial score (nSPS) is 22.7. The number of unbranched alkanes of at least 4 members (excludes halogenated alkanes) is 1. The van der Waals surface area contributed by atoms with Crippen LogP contribution in [-0.4, -0.2) is 38.5 Å². The molecule has 0 saturated carbocycles. The van der Waals surface area contributed by atoms with Crippen molar-refractivity contribution in [3.8, 4) is 0 Å². The van der Waals surface area contributed by atoms with Crippen LogP contribution >= 0.6 is 22.6 Å². The van der Waals surface area contributed by atoms with E-state index in [1.807, 2.05) is 36.1 Å². The van der Waals surface area contributed by atoms with E-state index in [1.165, 1.54) is 0 Å². The van der Waals surface area contributed by atoms with Gasteiger partial charge in [-0.1, -0.05) is 98.0 Å². The fraction of sp³-hybridized carbons (Fsp3) is 0.613. The van der Waals surface area contributed by atoms with Gasteiger partial charge in [-0.3, -0.25) is 0 Å². The molecule has 1 aliphatic rings. The SMILES string of the molecule is C[C@H](CCC/C=C/C=C/[C@H]1C[C@H]([C@H](/C=C\I)OCc2ccccc2)OC(C)(C)O1)O[Si](C)(C)C(C)(C)C. The molecule has 1 saturated heterocycles. The second kappa shape index (κ2) is 15.1. The summed E-state index contributed by atoms with van der Waals surface area (Å²) < 4.78 is 27.2. The van der Waals surface area contributed by atoms with Crippen LogP contribution in [0.15, 0.2) is 64.8 Å². The highest BCUT2D eigenvalue weighted by atomic mass is 127. The van der Waals surface area contributed by atoms with Gasteiger partial charge < -0.3 is 18.6 Å². The fourth-order valence-electron chi connectivity index (χ4n) is 4.15. The van der Waals surface area contributed by atoms with Gasteiger partial charge in [-0.25, -0.2) is 0 Å². The van der Waals surface area contributed by atoms with Gasteiger partial charge in [0.1, 0.15) is 6.10 Å². The highest BCUT2D eigenvalue weighted by Crippen LogP contribution is 2.37. The van der Waals surface area contributed by atoms with E-state index in [0.29, 0.717) is 12.7 Å². The van der Waals surface area contributed by atoms with Crippen molar-refractivity contribution in [1.82, 2.24) is 0 Å². The molecule has 0 N–H and O–H groups in total. The minimum absolute atomic E-state index is 0.0261. The lowest BCUT2D eigenvalue weighted by Gasteiger charge is -2.42. The molecular weight excluding hydrogens is 591 g/mol. The van der Waals surface area contributed by atoms with Gasteiger partial charge in [-0.2, -0.15) is 0 Å². The van der Waals surface area contributed by atoms with Gasteiger partial charge in [0.2, 0.25) is 0 Å². The number of ether oxygens (including phenoxy) is 3. The van der Waals surface area contributed by atoms with Gasteiger partial charge >= 0.3 is 0 Å². The number of rotatable bonds is 13. The van der Waals surface area contributed by atoms with Crippen LogP contribution in [0.2, 0.25) is 18.1 Å². The van der Waals surface area contributed by atoms with Crippen LogP contribution in [0.25, 0.3) is 0 Å². The molecule has 4 atom stereocenters. The third-order valence-corrected chi connectivity index (χ3v) is 12.1. The van der Waals surface area contributed by atoms with Gasteiger partial charge in [0.05, 0.1) is 18.8 Å². The Morgan fingerprint density at radius 2 is 1.84 bits per heavy atom. The third kappa shape index (κ3) is 11.9. The zero-order valence-corrected chi connectivity index (χ0v) is 27.4. The van der Waals surface area contributed by atoms with E-state index in [4.69, 9.17) is 18.6 Å². The van der Waals surface area contributed by atoms with Gasteiger partial charge in [0.25, 0.3) is 0 Å². The summed E-state index contributed by atoms with van der Waals surface area (Å²) >= 11 is 2.24. The Morgan fingerprint density at radius 3 is 2.49 bits per heavy atom. The van der Waals surface area contributed by atoms with Gasteiger partial charge in [-0.05, 0) is 73.9 Å². The first-order valence-electron chi connectivity index (χ1n) is 13.6. The molecule has 1 aliphatic heterocycles. The van der Waals surface area contributed by atoms with Crippen molar-refractivity contribution >= 4 is 30.9 Å². The van der Waals surface area contributed by atoms with Crippen molar-refractivity contribution in [1.29, 1.82) is 0 Å². The van der Waals surface area contributed by atoms with Crippen molar-refractivity contribution in [3.63, 3.8) is 0 Å². The lowest BCUT2D eigenvalue weighted by molar-refractivity contribution is -0.303. The molecule has 6 heteroatoms. The second-order valence-electron chi connectivity index (χ2n) is 12.0. The predicted molar refractivity (Wildman–Crippen MR) is 166 cm³/mol. The zero-order valence-electron chi connectivity index (χ0n) is 24.2. The van der Waals surface area contributed by atoms with E-state index >= 15 is 0 Å². The molecule has 208 valence electrons. The molecule has 0 bridgehead atoms. The minimum atomic E-state index is -1.69. The number of allylic oxidation sites excluding steroid dienone is 3. The molecule has 0 aromatic heterocycles. The van der Waals surface area contributed by atoms with Crippen molar-refractivity contribution in [2.24, 2.45) is 0 Å². The summed E-state index contributed by atoms with van der Waals surface area (Å²) in [6.45, 7) is 18.3. The lowest BCUT2D eigenvalue weighted by Crippen LogP contribution is -2.48. The average Bonchev–Trinajstić information content (AvgIpc) is 2.79. The summed E-state index contributed by atoms with van der Waals surface area (Å²) in [5.41, 5.74) is 1.16. The molecular formula is C31H49IO4Si. The fourth-order valence-corrected chi connectivity index (χ4v) is 6.04. The van der Waals surface area contributed by atoms with Crippen LogP contribution < -0.4 is 0 Å². The minimum Gasteiger partial charge on any atom is -0.414 e. The van der Waals surface area contributed by atoms with E-state index in [0.717, 1.165) is 31.2 Å². The van der Waals surface area contributed by atoms with Gasteiger partial charge in [0.15, 0.2) is 14.1 Å². The molecule has 0 unspecified atom stereocenters.